The molecular formula is C19H16ClNO5. The Hall–Kier alpha value is -3.17. The van der Waals surface area contributed by atoms with Crippen molar-refractivity contribution >= 4 is 23.6 Å². The summed E-state index contributed by atoms with van der Waals surface area (Å²) in [5.41, 5.74) is 0.0636. The summed E-state index contributed by atoms with van der Waals surface area (Å²) in [6, 6.07) is 13.5. The third-order valence-electron chi connectivity index (χ3n) is 3.29. The van der Waals surface area contributed by atoms with E-state index in [-0.39, 0.29) is 13.2 Å². The largest absolute Gasteiger partial charge is 0.497 e. The summed E-state index contributed by atoms with van der Waals surface area (Å²) in [5.74, 6) is 0.282. The van der Waals surface area contributed by atoms with Gasteiger partial charge in [0.25, 0.3) is 0 Å². The van der Waals surface area contributed by atoms with E-state index in [0.717, 1.165) is 0 Å². The molecule has 0 amide bonds. The van der Waals surface area contributed by atoms with Gasteiger partial charge in [0.1, 0.15) is 42.1 Å². The minimum Gasteiger partial charge on any atom is -0.497 e. The van der Waals surface area contributed by atoms with Gasteiger partial charge in [-0.15, -0.1) is 0 Å². The van der Waals surface area contributed by atoms with Gasteiger partial charge in [0.05, 0.1) is 7.11 Å². The van der Waals surface area contributed by atoms with Crippen LogP contribution in [0.1, 0.15) is 5.56 Å². The Morgan fingerprint density at radius 2 is 1.81 bits per heavy atom. The Bertz CT molecular complexity index is 840. The maximum Gasteiger partial charge on any atom is 0.346 e. The summed E-state index contributed by atoms with van der Waals surface area (Å²) in [5, 5.41) is 18.5. The number of carbonyl (C=O) groups is 1. The molecule has 0 saturated carbocycles. The molecule has 2 aromatic carbocycles. The number of nitriles is 1. The maximum atomic E-state index is 11.0. The highest BCUT2D eigenvalue weighted by molar-refractivity contribution is 6.30. The van der Waals surface area contributed by atoms with E-state index in [4.69, 9.17) is 36.2 Å². The molecule has 0 radical (unpaired) electrons. The van der Waals surface area contributed by atoms with Crippen molar-refractivity contribution in [3.05, 3.63) is 58.6 Å². The molecule has 0 atom stereocenters. The van der Waals surface area contributed by atoms with Crippen LogP contribution >= 0.6 is 11.6 Å². The number of aliphatic carboxylic acids is 1. The molecule has 0 heterocycles. The molecule has 2 rings (SSSR count). The van der Waals surface area contributed by atoms with Gasteiger partial charge in [0.15, 0.2) is 0 Å². The van der Waals surface area contributed by atoms with Crippen LogP contribution in [0.15, 0.2) is 48.0 Å². The summed E-state index contributed by atoms with van der Waals surface area (Å²) < 4.78 is 16.4. The molecule has 0 aromatic heterocycles. The third-order valence-corrected chi connectivity index (χ3v) is 3.55. The van der Waals surface area contributed by atoms with E-state index in [0.29, 0.717) is 27.8 Å². The Morgan fingerprint density at radius 3 is 2.42 bits per heavy atom. The van der Waals surface area contributed by atoms with Crippen molar-refractivity contribution in [3.63, 3.8) is 0 Å². The van der Waals surface area contributed by atoms with Crippen LogP contribution in [0, 0.1) is 11.3 Å². The number of carboxylic acids is 1. The standard InChI is InChI=1S/C19H16ClNO5/c1-24-17-5-2-13(10-14(12-21)19(22)23)18(11-17)26-9-8-25-16-6-3-15(20)4-7-16/h2-7,10-11H,8-9H2,1H3,(H,22,23). The fraction of sp³-hybridized carbons (Fsp3) is 0.158. The number of ether oxygens (including phenoxy) is 3. The molecule has 0 aliphatic carbocycles. The van der Waals surface area contributed by atoms with Gasteiger partial charge < -0.3 is 19.3 Å². The molecule has 26 heavy (non-hydrogen) atoms. The molecular weight excluding hydrogens is 358 g/mol. The zero-order valence-corrected chi connectivity index (χ0v) is 14.7. The normalized spacial score (nSPS) is 10.7. The monoisotopic (exact) mass is 373 g/mol. The Balaban J connectivity index is 2.07. The molecule has 0 saturated heterocycles. The van der Waals surface area contributed by atoms with E-state index in [2.05, 4.69) is 0 Å². The first-order valence-electron chi connectivity index (χ1n) is 7.58. The minimum atomic E-state index is -1.31. The quantitative estimate of drug-likeness (QED) is 0.430. The molecule has 2 aromatic rings. The van der Waals surface area contributed by atoms with Crippen LogP contribution in [-0.2, 0) is 4.79 Å². The smallest absolute Gasteiger partial charge is 0.346 e. The zero-order chi connectivity index (χ0) is 18.9. The molecule has 6 nitrogen and oxygen atoms in total. The molecule has 0 spiro atoms. The van der Waals surface area contributed by atoms with Gasteiger partial charge in [0, 0.05) is 16.7 Å². The van der Waals surface area contributed by atoms with Gasteiger partial charge in [-0.1, -0.05) is 11.6 Å². The first kappa shape index (κ1) is 19.2. The molecule has 1 N–H and O–H groups in total. The Morgan fingerprint density at radius 1 is 1.15 bits per heavy atom. The van der Waals surface area contributed by atoms with Crippen molar-refractivity contribution in [1.82, 2.24) is 0 Å². The van der Waals surface area contributed by atoms with Crippen LogP contribution in [0.25, 0.3) is 6.08 Å². The van der Waals surface area contributed by atoms with Crippen molar-refractivity contribution in [3.8, 4) is 23.3 Å². The number of rotatable bonds is 8. The lowest BCUT2D eigenvalue weighted by Gasteiger charge is -2.12. The van der Waals surface area contributed by atoms with Crippen LogP contribution < -0.4 is 14.2 Å². The summed E-state index contributed by atoms with van der Waals surface area (Å²) in [6.07, 6.45) is 1.25. The number of carboxylic acid groups (broad SMARTS) is 1. The molecule has 0 aliphatic rings. The molecule has 0 fully saturated rings. The minimum absolute atomic E-state index is 0.214. The number of nitrogens with zero attached hydrogens (tertiary/aromatic N) is 1. The average molecular weight is 374 g/mol. The van der Waals surface area contributed by atoms with Crippen LogP contribution in [0.5, 0.6) is 17.2 Å². The van der Waals surface area contributed by atoms with E-state index < -0.39 is 11.5 Å². The molecule has 0 aliphatic heterocycles. The third kappa shape index (κ3) is 5.43. The Kier molecular flexibility index (Phi) is 6.89. The highest BCUT2D eigenvalue weighted by atomic mass is 35.5. The molecule has 134 valence electrons. The topological polar surface area (TPSA) is 88.8 Å². The summed E-state index contributed by atoms with van der Waals surface area (Å²) in [6.45, 7) is 0.484. The van der Waals surface area contributed by atoms with Crippen molar-refractivity contribution in [2.45, 2.75) is 0 Å². The molecule has 0 bridgehead atoms. The van der Waals surface area contributed by atoms with Crippen LogP contribution in [-0.4, -0.2) is 31.4 Å². The van der Waals surface area contributed by atoms with Crippen molar-refractivity contribution in [2.24, 2.45) is 0 Å². The summed E-state index contributed by atoms with van der Waals surface area (Å²) in [7, 11) is 1.51. The van der Waals surface area contributed by atoms with E-state index in [9.17, 15) is 4.79 Å². The van der Waals surface area contributed by atoms with Gasteiger partial charge >= 0.3 is 5.97 Å². The van der Waals surface area contributed by atoms with Crippen LogP contribution in [0.3, 0.4) is 0 Å². The van der Waals surface area contributed by atoms with Gasteiger partial charge in [-0.3, -0.25) is 0 Å². The van der Waals surface area contributed by atoms with E-state index in [1.165, 1.54) is 13.2 Å². The predicted molar refractivity (Wildman–Crippen MR) is 96.7 cm³/mol. The number of halogens is 1. The van der Waals surface area contributed by atoms with Gasteiger partial charge in [0.2, 0.25) is 0 Å². The van der Waals surface area contributed by atoms with E-state index >= 15 is 0 Å². The number of hydrogen-bond acceptors (Lipinski definition) is 5. The highest BCUT2D eigenvalue weighted by Crippen LogP contribution is 2.27. The first-order valence-corrected chi connectivity index (χ1v) is 7.95. The lowest BCUT2D eigenvalue weighted by atomic mass is 10.1. The Labute approximate surface area is 155 Å². The van der Waals surface area contributed by atoms with Gasteiger partial charge in [-0.2, -0.15) is 5.26 Å². The van der Waals surface area contributed by atoms with Crippen molar-refractivity contribution in [2.75, 3.05) is 20.3 Å². The summed E-state index contributed by atoms with van der Waals surface area (Å²) in [4.78, 5) is 11.0. The van der Waals surface area contributed by atoms with E-state index in [1.54, 1.807) is 48.5 Å². The van der Waals surface area contributed by atoms with Crippen LogP contribution in [0.4, 0.5) is 0 Å². The molecule has 7 heteroatoms. The predicted octanol–water partition coefficient (Wildman–Crippen LogP) is 3.80. The van der Waals surface area contributed by atoms with Crippen LogP contribution in [0.2, 0.25) is 5.02 Å². The lowest BCUT2D eigenvalue weighted by molar-refractivity contribution is -0.132. The summed E-state index contributed by atoms with van der Waals surface area (Å²) >= 11 is 5.81. The second kappa shape index (κ2) is 9.35. The zero-order valence-electron chi connectivity index (χ0n) is 13.9. The average Bonchev–Trinajstić information content (AvgIpc) is 2.65. The van der Waals surface area contributed by atoms with E-state index in [1.807, 2.05) is 0 Å². The second-order valence-corrected chi connectivity index (χ2v) is 5.47. The highest BCUT2D eigenvalue weighted by Gasteiger charge is 2.10. The van der Waals surface area contributed by atoms with Crippen molar-refractivity contribution in [1.29, 1.82) is 5.26 Å². The second-order valence-electron chi connectivity index (χ2n) is 5.03. The number of benzene rings is 2. The fourth-order valence-electron chi connectivity index (χ4n) is 2.03. The lowest BCUT2D eigenvalue weighted by Crippen LogP contribution is -2.09. The maximum absolute atomic E-state index is 11.0. The molecule has 0 unspecified atom stereocenters. The SMILES string of the molecule is COc1ccc(C=C(C#N)C(=O)O)c(OCCOc2ccc(Cl)cc2)c1. The fourth-order valence-corrected chi connectivity index (χ4v) is 2.15. The van der Waals surface area contributed by atoms with Gasteiger partial charge in [-0.05, 0) is 42.5 Å². The van der Waals surface area contributed by atoms with Gasteiger partial charge in [-0.25, -0.2) is 4.79 Å². The first-order chi connectivity index (χ1) is 12.5. The number of hydrogen-bond donors (Lipinski definition) is 1. The number of methoxy groups -OCH3 is 1. The van der Waals surface area contributed by atoms with Crippen molar-refractivity contribution < 1.29 is 24.1 Å².